The molecule has 1 aromatic heterocycles. The van der Waals surface area contributed by atoms with Crippen LogP contribution < -0.4 is 4.74 Å². The van der Waals surface area contributed by atoms with Crippen LogP contribution >= 0.6 is 24.8 Å². The number of ether oxygens (including phenoxy) is 1. The van der Waals surface area contributed by atoms with Gasteiger partial charge in [0.1, 0.15) is 5.75 Å². The van der Waals surface area contributed by atoms with Gasteiger partial charge in [-0.15, -0.1) is 31.4 Å². The van der Waals surface area contributed by atoms with Crippen molar-refractivity contribution < 1.29 is 9.84 Å². The van der Waals surface area contributed by atoms with Crippen LogP contribution in [0.4, 0.5) is 0 Å². The molecular formula is C20H26Cl2N2O2. The summed E-state index contributed by atoms with van der Waals surface area (Å²) >= 11 is 0. The van der Waals surface area contributed by atoms with E-state index < -0.39 is 6.10 Å². The summed E-state index contributed by atoms with van der Waals surface area (Å²) in [6.45, 7) is 6.07. The SMILES string of the molecule is C=C[C@H]1CN2CC[C@@H]1CC2[C@H](O)c1ccnc2ccc(OC)cc12.Cl.Cl. The normalized spacial score (nSPS) is 27.9. The largest absolute Gasteiger partial charge is 0.497 e. The van der Waals surface area contributed by atoms with Gasteiger partial charge in [0.25, 0.3) is 0 Å². The lowest BCUT2D eigenvalue weighted by Gasteiger charge is -2.50. The zero-order valence-electron chi connectivity index (χ0n) is 14.9. The average Bonchev–Trinajstić information content (AvgIpc) is 2.66. The molecule has 3 aliphatic heterocycles. The first-order valence-corrected chi connectivity index (χ1v) is 8.68. The molecule has 0 saturated carbocycles. The van der Waals surface area contributed by atoms with Gasteiger partial charge in [-0.05, 0) is 61.1 Å². The standard InChI is InChI=1S/C20H24N2O2.2ClH/c1-3-13-12-22-9-7-14(13)10-19(22)20(23)16-6-8-21-18-5-4-15(24-2)11-17(16)18;;/h3-6,8,11,13-14,19-20,23H,1,7,9-10,12H2,2H3;2*1H/t13-,14+,19?,20+;;/m0../s1. The Hall–Kier alpha value is -1.33. The molecule has 1 N–H and O–H groups in total. The molecule has 26 heavy (non-hydrogen) atoms. The predicted molar refractivity (Wildman–Crippen MR) is 110 cm³/mol. The minimum atomic E-state index is -0.504. The van der Waals surface area contributed by atoms with Crippen LogP contribution in [0.15, 0.2) is 43.1 Å². The smallest absolute Gasteiger partial charge is 0.119 e. The number of pyridine rings is 1. The van der Waals surface area contributed by atoms with E-state index in [0.29, 0.717) is 11.8 Å². The molecule has 4 heterocycles. The third-order valence-electron chi connectivity index (χ3n) is 5.82. The zero-order chi connectivity index (χ0) is 16.7. The number of aromatic nitrogens is 1. The molecule has 5 rings (SSSR count). The number of fused-ring (bicyclic) bond motifs is 4. The molecule has 6 heteroatoms. The molecule has 3 aliphatic rings. The Kier molecular flexibility index (Phi) is 6.92. The van der Waals surface area contributed by atoms with E-state index in [1.807, 2.05) is 24.3 Å². The molecule has 2 aromatic rings. The van der Waals surface area contributed by atoms with Crippen molar-refractivity contribution in [3.05, 3.63) is 48.7 Å². The maximum absolute atomic E-state index is 11.2. The third-order valence-corrected chi connectivity index (χ3v) is 5.82. The van der Waals surface area contributed by atoms with Crippen molar-refractivity contribution in [1.29, 1.82) is 0 Å². The summed E-state index contributed by atoms with van der Waals surface area (Å²) in [6.07, 6.45) is 5.62. The van der Waals surface area contributed by atoms with Gasteiger partial charge in [-0.25, -0.2) is 0 Å². The van der Waals surface area contributed by atoms with E-state index >= 15 is 0 Å². The fourth-order valence-electron chi connectivity index (χ4n) is 4.44. The van der Waals surface area contributed by atoms with Crippen LogP contribution in [0.1, 0.15) is 24.5 Å². The van der Waals surface area contributed by atoms with E-state index in [-0.39, 0.29) is 30.9 Å². The van der Waals surface area contributed by atoms with Crippen LogP contribution in [-0.2, 0) is 0 Å². The Balaban J connectivity index is 0.00000121. The zero-order valence-corrected chi connectivity index (χ0v) is 16.5. The fraction of sp³-hybridized carbons (Fsp3) is 0.450. The molecule has 2 bridgehead atoms. The van der Waals surface area contributed by atoms with Gasteiger partial charge < -0.3 is 9.84 Å². The van der Waals surface area contributed by atoms with Crippen molar-refractivity contribution >= 4 is 35.7 Å². The summed E-state index contributed by atoms with van der Waals surface area (Å²) in [5.74, 6) is 2.01. The summed E-state index contributed by atoms with van der Waals surface area (Å²) in [4.78, 5) is 6.86. The number of rotatable bonds is 4. The number of piperidine rings is 3. The minimum Gasteiger partial charge on any atom is -0.497 e. The Morgan fingerprint density at radius 2 is 2.15 bits per heavy atom. The first-order valence-electron chi connectivity index (χ1n) is 8.68. The molecule has 2 unspecified atom stereocenters. The van der Waals surface area contributed by atoms with Crippen LogP contribution in [0, 0.1) is 11.8 Å². The van der Waals surface area contributed by atoms with Gasteiger partial charge in [-0.1, -0.05) is 6.08 Å². The molecule has 5 atom stereocenters. The lowest BCUT2D eigenvalue weighted by molar-refractivity contribution is -0.0444. The molecule has 142 valence electrons. The lowest BCUT2D eigenvalue weighted by atomic mass is 9.73. The molecule has 4 nitrogen and oxygen atoms in total. The van der Waals surface area contributed by atoms with Crippen LogP contribution in [-0.4, -0.2) is 41.2 Å². The van der Waals surface area contributed by atoms with Crippen LogP contribution in [0.3, 0.4) is 0 Å². The number of methoxy groups -OCH3 is 1. The van der Waals surface area contributed by atoms with Gasteiger partial charge in [-0.3, -0.25) is 9.88 Å². The Morgan fingerprint density at radius 3 is 2.81 bits per heavy atom. The summed E-state index contributed by atoms with van der Waals surface area (Å²) in [5, 5.41) is 12.1. The second-order valence-corrected chi connectivity index (χ2v) is 6.97. The lowest BCUT2D eigenvalue weighted by Crippen LogP contribution is -2.54. The van der Waals surface area contributed by atoms with Crippen molar-refractivity contribution in [2.75, 3.05) is 20.2 Å². The number of hydrogen-bond acceptors (Lipinski definition) is 4. The van der Waals surface area contributed by atoms with E-state index in [1.165, 1.54) is 6.42 Å². The minimum absolute atomic E-state index is 0. The van der Waals surface area contributed by atoms with Gasteiger partial charge in [0.05, 0.1) is 18.7 Å². The Morgan fingerprint density at radius 1 is 1.35 bits per heavy atom. The molecular weight excluding hydrogens is 371 g/mol. The first kappa shape index (κ1) is 21.0. The number of nitrogens with zero attached hydrogens (tertiary/aromatic N) is 2. The highest BCUT2D eigenvalue weighted by Gasteiger charge is 2.42. The van der Waals surface area contributed by atoms with Crippen molar-refractivity contribution in [3.8, 4) is 5.75 Å². The maximum atomic E-state index is 11.2. The summed E-state index contributed by atoms with van der Waals surface area (Å²) in [5.41, 5.74) is 1.85. The summed E-state index contributed by atoms with van der Waals surface area (Å²) in [7, 11) is 1.66. The topological polar surface area (TPSA) is 45.6 Å². The van der Waals surface area contributed by atoms with Crippen molar-refractivity contribution in [2.24, 2.45) is 11.8 Å². The quantitative estimate of drug-likeness (QED) is 0.792. The van der Waals surface area contributed by atoms with Gasteiger partial charge in [0, 0.05) is 24.2 Å². The van der Waals surface area contributed by atoms with E-state index in [9.17, 15) is 5.11 Å². The number of aliphatic hydroxyl groups is 1. The van der Waals surface area contributed by atoms with Crippen molar-refractivity contribution in [1.82, 2.24) is 9.88 Å². The van der Waals surface area contributed by atoms with Crippen LogP contribution in [0.5, 0.6) is 5.75 Å². The van der Waals surface area contributed by atoms with Crippen molar-refractivity contribution in [2.45, 2.75) is 25.0 Å². The molecule has 0 spiro atoms. The van der Waals surface area contributed by atoms with Crippen LogP contribution in [0.25, 0.3) is 10.9 Å². The molecule has 3 fully saturated rings. The van der Waals surface area contributed by atoms with Gasteiger partial charge in [0.15, 0.2) is 0 Å². The maximum Gasteiger partial charge on any atom is 0.119 e. The number of aliphatic hydroxyl groups excluding tert-OH is 1. The van der Waals surface area contributed by atoms with Crippen molar-refractivity contribution in [3.63, 3.8) is 0 Å². The molecule has 0 aliphatic carbocycles. The Bertz CT molecular complexity index is 771. The monoisotopic (exact) mass is 396 g/mol. The number of halogens is 2. The highest BCUT2D eigenvalue weighted by molar-refractivity contribution is 5.85. The summed E-state index contributed by atoms with van der Waals surface area (Å²) in [6, 6.07) is 7.96. The Labute approximate surface area is 167 Å². The fourth-order valence-corrected chi connectivity index (χ4v) is 4.44. The van der Waals surface area contributed by atoms with E-state index in [0.717, 1.165) is 41.7 Å². The number of benzene rings is 1. The van der Waals surface area contributed by atoms with Crippen LogP contribution in [0.2, 0.25) is 0 Å². The highest BCUT2D eigenvalue weighted by atomic mass is 35.5. The van der Waals surface area contributed by atoms with E-state index in [2.05, 4.69) is 22.5 Å². The summed E-state index contributed by atoms with van der Waals surface area (Å²) < 4.78 is 5.35. The van der Waals surface area contributed by atoms with Gasteiger partial charge in [0.2, 0.25) is 0 Å². The second-order valence-electron chi connectivity index (χ2n) is 6.97. The molecule has 3 saturated heterocycles. The second kappa shape index (κ2) is 8.57. The van der Waals surface area contributed by atoms with Gasteiger partial charge >= 0.3 is 0 Å². The number of hydrogen-bond donors (Lipinski definition) is 1. The molecule has 0 radical (unpaired) electrons. The van der Waals surface area contributed by atoms with E-state index in [1.54, 1.807) is 13.3 Å². The third kappa shape index (κ3) is 3.56. The van der Waals surface area contributed by atoms with Gasteiger partial charge in [-0.2, -0.15) is 0 Å². The highest BCUT2D eigenvalue weighted by Crippen LogP contribution is 2.42. The molecule has 0 amide bonds. The predicted octanol–water partition coefficient (Wildman–Crippen LogP) is 4.02. The molecule has 1 aromatic carbocycles. The first-order chi connectivity index (χ1) is 11.7. The van der Waals surface area contributed by atoms with E-state index in [4.69, 9.17) is 4.74 Å². The average molecular weight is 397 g/mol.